The molecule has 1 aromatic carbocycles. The second kappa shape index (κ2) is 9.73. The van der Waals surface area contributed by atoms with Crippen LogP contribution in [0.4, 0.5) is 11.8 Å². The number of benzene rings is 1. The largest absolute Gasteiger partial charge is 0.508 e. The molecule has 0 saturated carbocycles. The van der Waals surface area contributed by atoms with E-state index < -0.39 is 5.60 Å². The number of aryl methyl sites for hydroxylation is 1. The molecule has 174 valence electrons. The predicted octanol–water partition coefficient (Wildman–Crippen LogP) is 4.63. The average molecular weight is 441 g/mol. The van der Waals surface area contributed by atoms with E-state index in [1.807, 2.05) is 32.3 Å². The molecule has 2 aromatic heterocycles. The van der Waals surface area contributed by atoms with Gasteiger partial charge in [0.2, 0.25) is 5.95 Å². The van der Waals surface area contributed by atoms with Crippen LogP contribution in [0.5, 0.6) is 5.75 Å². The van der Waals surface area contributed by atoms with Crippen molar-refractivity contribution in [3.63, 3.8) is 0 Å². The zero-order valence-electron chi connectivity index (χ0n) is 20.0. The number of imidazole rings is 1. The van der Waals surface area contributed by atoms with Gasteiger partial charge in [0.05, 0.1) is 11.9 Å². The first-order valence-electron chi connectivity index (χ1n) is 11.4. The van der Waals surface area contributed by atoms with Gasteiger partial charge in [-0.3, -0.25) is 0 Å². The molecule has 8 nitrogen and oxygen atoms in total. The van der Waals surface area contributed by atoms with Crippen LogP contribution in [0.25, 0.3) is 11.2 Å². The van der Waals surface area contributed by atoms with Crippen LogP contribution >= 0.6 is 0 Å². The van der Waals surface area contributed by atoms with E-state index in [4.69, 9.17) is 4.98 Å². The van der Waals surface area contributed by atoms with E-state index in [1.54, 1.807) is 19.9 Å². The lowest BCUT2D eigenvalue weighted by atomic mass is 9.93. The standard InChI is InChI=1S/C24H36N6O2/c1-7-18(8-2)30-14-27-20-21(25-13-17-11-15(3)9-10-19(17)31)28-23(29-22(20)30)26-12-16(4)24(5,6)32/h9-11,14,16,18,31-32H,7-8,12-13H2,1-6H3,(H2,25,26,28,29). The summed E-state index contributed by atoms with van der Waals surface area (Å²) < 4.78 is 2.11. The molecule has 2 heterocycles. The van der Waals surface area contributed by atoms with Crippen LogP contribution in [-0.4, -0.2) is 41.9 Å². The minimum Gasteiger partial charge on any atom is -0.508 e. The molecule has 0 bridgehead atoms. The molecule has 4 N–H and O–H groups in total. The Morgan fingerprint density at radius 2 is 1.84 bits per heavy atom. The molecule has 1 unspecified atom stereocenters. The van der Waals surface area contributed by atoms with E-state index in [0.29, 0.717) is 36.4 Å². The molecule has 0 aliphatic carbocycles. The smallest absolute Gasteiger partial charge is 0.226 e. The van der Waals surface area contributed by atoms with Crippen LogP contribution in [0.1, 0.15) is 64.6 Å². The number of hydrogen-bond donors (Lipinski definition) is 4. The molecule has 0 radical (unpaired) electrons. The average Bonchev–Trinajstić information content (AvgIpc) is 3.16. The molecule has 0 aliphatic heterocycles. The summed E-state index contributed by atoms with van der Waals surface area (Å²) in [5, 5.41) is 27.1. The van der Waals surface area contributed by atoms with Gasteiger partial charge in [-0.25, -0.2) is 4.98 Å². The number of aromatic nitrogens is 4. The fourth-order valence-corrected chi connectivity index (χ4v) is 3.60. The Kier molecular flexibility index (Phi) is 7.23. The Morgan fingerprint density at radius 1 is 1.12 bits per heavy atom. The summed E-state index contributed by atoms with van der Waals surface area (Å²) in [6.07, 6.45) is 3.78. The van der Waals surface area contributed by atoms with Crippen molar-refractivity contribution in [2.24, 2.45) is 5.92 Å². The lowest BCUT2D eigenvalue weighted by Crippen LogP contribution is -2.33. The zero-order valence-corrected chi connectivity index (χ0v) is 20.0. The second-order valence-electron chi connectivity index (χ2n) is 9.11. The number of aliphatic hydroxyl groups is 1. The number of nitrogens with zero attached hydrogens (tertiary/aromatic N) is 4. The van der Waals surface area contributed by atoms with E-state index in [1.165, 1.54) is 0 Å². The molecule has 3 aromatic rings. The van der Waals surface area contributed by atoms with Crippen molar-refractivity contribution < 1.29 is 10.2 Å². The predicted molar refractivity (Wildman–Crippen MR) is 129 cm³/mol. The van der Waals surface area contributed by atoms with Crippen molar-refractivity contribution in [2.45, 2.75) is 72.6 Å². The molecule has 0 amide bonds. The fourth-order valence-electron chi connectivity index (χ4n) is 3.60. The van der Waals surface area contributed by atoms with Crippen LogP contribution in [0.3, 0.4) is 0 Å². The molecule has 3 rings (SSSR count). The first-order chi connectivity index (χ1) is 15.1. The molecule has 32 heavy (non-hydrogen) atoms. The highest BCUT2D eigenvalue weighted by Crippen LogP contribution is 2.28. The van der Waals surface area contributed by atoms with Gasteiger partial charge in [0.25, 0.3) is 0 Å². The summed E-state index contributed by atoms with van der Waals surface area (Å²) in [5.41, 5.74) is 2.53. The maximum atomic E-state index is 10.3. The number of phenolic OH excluding ortho intramolecular Hbond substituents is 1. The topological polar surface area (TPSA) is 108 Å². The van der Waals surface area contributed by atoms with Gasteiger partial charge in [-0.05, 0) is 39.7 Å². The third-order valence-corrected chi connectivity index (χ3v) is 6.21. The first-order valence-corrected chi connectivity index (χ1v) is 11.4. The maximum Gasteiger partial charge on any atom is 0.226 e. The highest BCUT2D eigenvalue weighted by Gasteiger charge is 2.23. The van der Waals surface area contributed by atoms with Crippen LogP contribution < -0.4 is 10.6 Å². The zero-order chi connectivity index (χ0) is 23.5. The van der Waals surface area contributed by atoms with E-state index in [2.05, 4.69) is 39.0 Å². The van der Waals surface area contributed by atoms with Crippen molar-refractivity contribution in [3.8, 4) is 5.75 Å². The van der Waals surface area contributed by atoms with Gasteiger partial charge in [-0.2, -0.15) is 9.97 Å². The van der Waals surface area contributed by atoms with E-state index >= 15 is 0 Å². The highest BCUT2D eigenvalue weighted by molar-refractivity contribution is 5.84. The molecule has 0 aliphatic rings. The molecule has 8 heteroatoms. The van der Waals surface area contributed by atoms with Gasteiger partial charge >= 0.3 is 0 Å². The van der Waals surface area contributed by atoms with Gasteiger partial charge < -0.3 is 25.4 Å². The third-order valence-electron chi connectivity index (χ3n) is 6.21. The summed E-state index contributed by atoms with van der Waals surface area (Å²) in [6.45, 7) is 12.8. The summed E-state index contributed by atoms with van der Waals surface area (Å²) in [5.74, 6) is 1.34. The molecular weight excluding hydrogens is 404 g/mol. The van der Waals surface area contributed by atoms with Crippen LogP contribution in [0.15, 0.2) is 24.5 Å². The van der Waals surface area contributed by atoms with Crippen LogP contribution in [0, 0.1) is 12.8 Å². The van der Waals surface area contributed by atoms with Crippen LogP contribution in [-0.2, 0) is 6.54 Å². The summed E-state index contributed by atoms with van der Waals surface area (Å²) >= 11 is 0. The number of hydrogen-bond acceptors (Lipinski definition) is 7. The van der Waals surface area contributed by atoms with Crippen molar-refractivity contribution in [1.29, 1.82) is 0 Å². The lowest BCUT2D eigenvalue weighted by Gasteiger charge is -2.26. The highest BCUT2D eigenvalue weighted by atomic mass is 16.3. The number of rotatable bonds is 10. The van der Waals surface area contributed by atoms with Gasteiger partial charge in [0.15, 0.2) is 17.0 Å². The number of phenols is 1. The van der Waals surface area contributed by atoms with Crippen molar-refractivity contribution in [1.82, 2.24) is 19.5 Å². The SMILES string of the molecule is CCC(CC)n1cnc2c(NCc3cc(C)ccc3O)nc(NCC(C)C(C)(C)O)nc21. The first kappa shape index (κ1) is 23.8. The Balaban J connectivity index is 1.96. The molecule has 0 spiro atoms. The van der Waals surface area contributed by atoms with Gasteiger partial charge in [-0.1, -0.05) is 38.5 Å². The molecule has 0 saturated heterocycles. The van der Waals surface area contributed by atoms with Gasteiger partial charge in [0.1, 0.15) is 5.75 Å². The van der Waals surface area contributed by atoms with Crippen molar-refractivity contribution in [3.05, 3.63) is 35.7 Å². The van der Waals surface area contributed by atoms with Crippen molar-refractivity contribution >= 4 is 22.9 Å². The maximum absolute atomic E-state index is 10.3. The lowest BCUT2D eigenvalue weighted by molar-refractivity contribution is 0.0303. The normalized spacial score (nSPS) is 13.0. The van der Waals surface area contributed by atoms with E-state index in [0.717, 1.165) is 29.6 Å². The molecule has 0 fully saturated rings. The Labute approximate surface area is 190 Å². The van der Waals surface area contributed by atoms with Gasteiger partial charge in [0, 0.05) is 30.6 Å². The number of fused-ring (bicyclic) bond motifs is 1. The quantitative estimate of drug-likeness (QED) is 0.364. The number of anilines is 2. The minimum atomic E-state index is -0.807. The van der Waals surface area contributed by atoms with Crippen molar-refractivity contribution in [2.75, 3.05) is 17.2 Å². The summed E-state index contributed by atoms with van der Waals surface area (Å²) in [7, 11) is 0. The Bertz CT molecular complexity index is 1050. The fraction of sp³-hybridized carbons (Fsp3) is 0.542. The monoisotopic (exact) mass is 440 g/mol. The Morgan fingerprint density at radius 3 is 2.50 bits per heavy atom. The van der Waals surface area contributed by atoms with E-state index in [-0.39, 0.29) is 11.7 Å². The summed E-state index contributed by atoms with van der Waals surface area (Å²) in [6, 6.07) is 5.83. The summed E-state index contributed by atoms with van der Waals surface area (Å²) in [4.78, 5) is 14.0. The van der Waals surface area contributed by atoms with Crippen LogP contribution in [0.2, 0.25) is 0 Å². The Hall–Kier alpha value is -2.87. The third kappa shape index (κ3) is 5.30. The van der Waals surface area contributed by atoms with E-state index in [9.17, 15) is 10.2 Å². The molecule has 1 atom stereocenters. The number of nitrogens with one attached hydrogen (secondary N) is 2. The minimum absolute atomic E-state index is 0.00592. The molecular formula is C24H36N6O2. The van der Waals surface area contributed by atoms with Gasteiger partial charge in [-0.15, -0.1) is 0 Å². The number of aromatic hydroxyl groups is 1. The second-order valence-corrected chi connectivity index (χ2v) is 9.11.